The number of carbonyl (C=O) groups excluding carboxylic acids is 3. The molecule has 1 aliphatic carbocycles. The molecule has 0 radical (unpaired) electrons. The number of hydrogen-bond donors (Lipinski definition) is 0. The Hall–Kier alpha value is -4.71. The first-order chi connectivity index (χ1) is 19.1. The average molecular weight is 516 g/mol. The van der Waals surface area contributed by atoms with Crippen molar-refractivity contribution in [1.29, 1.82) is 0 Å². The monoisotopic (exact) mass is 515 g/mol. The van der Waals surface area contributed by atoms with Gasteiger partial charge in [0, 0.05) is 16.9 Å². The van der Waals surface area contributed by atoms with E-state index in [0.29, 0.717) is 23.8 Å². The van der Waals surface area contributed by atoms with Gasteiger partial charge < -0.3 is 9.47 Å². The number of allylic oxidation sites excluding steroid dienone is 1. The molecule has 0 unspecified atom stereocenters. The van der Waals surface area contributed by atoms with E-state index in [1.807, 2.05) is 79.7 Å². The largest absolute Gasteiger partial charge is 0.494 e. The number of rotatable bonds is 4. The second kappa shape index (κ2) is 8.95. The Kier molecular flexibility index (Phi) is 5.37. The van der Waals surface area contributed by atoms with Crippen molar-refractivity contribution in [3.05, 3.63) is 108 Å². The highest BCUT2D eigenvalue weighted by Crippen LogP contribution is 2.55. The maximum Gasteiger partial charge on any atom is 0.319 e. The highest BCUT2D eigenvalue weighted by molar-refractivity contribution is 6.24. The molecule has 4 aromatic carbocycles. The standard InChI is InChI=1S/C33H25NO5/c1-2-38-22-15-13-21(14-16-22)34-31(35)27-25(19-8-4-3-5-9-19)18-26-24-17-12-20-10-6-7-11-23(20)30(24)39-33(37)28(26)29(27)32(34)36/h3-18,25,27-29H,2H2,1H3/t25-,27-,28-,29+/m1/s1. The van der Waals surface area contributed by atoms with Crippen LogP contribution in [0.1, 0.15) is 24.0 Å². The SMILES string of the molecule is CCOc1ccc(N2C(=O)[C@@H]3[C@@H]4C(=O)Oc5c(ccc6ccccc56)C4=C[C@H](c4ccccc4)[C@H]3C2=O)cc1. The van der Waals surface area contributed by atoms with Gasteiger partial charge in [-0.05, 0) is 47.7 Å². The van der Waals surface area contributed by atoms with Crippen molar-refractivity contribution in [2.75, 3.05) is 11.5 Å². The summed E-state index contributed by atoms with van der Waals surface area (Å²) in [7, 11) is 0. The average Bonchev–Trinajstić information content (AvgIpc) is 3.23. The van der Waals surface area contributed by atoms with Gasteiger partial charge in [-0.25, -0.2) is 4.90 Å². The maximum atomic E-state index is 14.1. The van der Waals surface area contributed by atoms with E-state index < -0.39 is 23.7 Å². The number of imide groups is 1. The molecule has 6 nitrogen and oxygen atoms in total. The Morgan fingerprint density at radius 3 is 2.28 bits per heavy atom. The van der Waals surface area contributed by atoms with Crippen LogP contribution in [-0.2, 0) is 14.4 Å². The number of fused-ring (bicyclic) bond motifs is 7. The Morgan fingerprint density at radius 2 is 1.51 bits per heavy atom. The number of carbonyl (C=O) groups is 3. The lowest BCUT2D eigenvalue weighted by Gasteiger charge is -2.38. The Bertz CT molecular complexity index is 1670. The Balaban J connectivity index is 1.39. The summed E-state index contributed by atoms with van der Waals surface area (Å²) in [6, 6.07) is 28.4. The molecule has 192 valence electrons. The smallest absolute Gasteiger partial charge is 0.319 e. The second-order valence-corrected chi connectivity index (χ2v) is 10.1. The molecule has 1 fully saturated rings. The number of nitrogens with zero attached hydrogens (tertiary/aromatic N) is 1. The summed E-state index contributed by atoms with van der Waals surface area (Å²) in [4.78, 5) is 43.0. The van der Waals surface area contributed by atoms with Crippen LogP contribution in [0, 0.1) is 17.8 Å². The zero-order valence-corrected chi connectivity index (χ0v) is 21.2. The molecule has 0 spiro atoms. The van der Waals surface area contributed by atoms with Crippen LogP contribution in [0.25, 0.3) is 16.3 Å². The third-order valence-corrected chi connectivity index (χ3v) is 8.08. The molecule has 6 heteroatoms. The highest BCUT2D eigenvalue weighted by atomic mass is 16.5. The molecule has 4 atom stereocenters. The number of ether oxygens (including phenoxy) is 2. The van der Waals surface area contributed by atoms with E-state index >= 15 is 0 Å². The van der Waals surface area contributed by atoms with Crippen molar-refractivity contribution < 1.29 is 23.9 Å². The summed E-state index contributed by atoms with van der Waals surface area (Å²) in [6.45, 7) is 2.41. The van der Waals surface area contributed by atoms with Crippen molar-refractivity contribution in [1.82, 2.24) is 0 Å². The molecule has 0 aromatic heterocycles. The van der Waals surface area contributed by atoms with Crippen LogP contribution < -0.4 is 14.4 Å². The molecule has 3 aliphatic rings. The zero-order chi connectivity index (χ0) is 26.7. The zero-order valence-electron chi connectivity index (χ0n) is 21.2. The van der Waals surface area contributed by atoms with Gasteiger partial charge in [-0.15, -0.1) is 0 Å². The van der Waals surface area contributed by atoms with Gasteiger partial charge in [0.1, 0.15) is 11.5 Å². The van der Waals surface area contributed by atoms with Crippen LogP contribution in [0.15, 0.2) is 97.1 Å². The summed E-state index contributed by atoms with van der Waals surface area (Å²) in [5.41, 5.74) is 2.93. The second-order valence-electron chi connectivity index (χ2n) is 10.1. The number of anilines is 1. The fourth-order valence-electron chi connectivity index (χ4n) is 6.40. The normalized spacial score (nSPS) is 23.6. The molecule has 2 heterocycles. The molecule has 1 saturated heterocycles. The predicted molar refractivity (Wildman–Crippen MR) is 147 cm³/mol. The molecule has 4 aromatic rings. The third-order valence-electron chi connectivity index (χ3n) is 8.08. The van der Waals surface area contributed by atoms with Crippen LogP contribution in [0.4, 0.5) is 5.69 Å². The van der Waals surface area contributed by atoms with Gasteiger partial charge in [0.15, 0.2) is 0 Å². The van der Waals surface area contributed by atoms with Gasteiger partial charge in [0.25, 0.3) is 0 Å². The third kappa shape index (κ3) is 3.52. The van der Waals surface area contributed by atoms with Gasteiger partial charge in [-0.1, -0.05) is 72.8 Å². The van der Waals surface area contributed by atoms with E-state index in [9.17, 15) is 14.4 Å². The van der Waals surface area contributed by atoms with Gasteiger partial charge in [-0.2, -0.15) is 0 Å². The molecule has 2 amide bonds. The summed E-state index contributed by atoms with van der Waals surface area (Å²) < 4.78 is 11.5. The number of hydrogen-bond acceptors (Lipinski definition) is 5. The molecule has 0 saturated carbocycles. The van der Waals surface area contributed by atoms with Crippen molar-refractivity contribution >= 4 is 39.8 Å². The summed E-state index contributed by atoms with van der Waals surface area (Å²) in [5, 5.41) is 1.80. The molecule has 0 N–H and O–H groups in total. The first-order valence-electron chi connectivity index (χ1n) is 13.2. The van der Waals surface area contributed by atoms with Crippen LogP contribution in [0.2, 0.25) is 0 Å². The molecular weight excluding hydrogens is 490 g/mol. The topological polar surface area (TPSA) is 72.9 Å². The highest BCUT2D eigenvalue weighted by Gasteiger charge is 2.60. The van der Waals surface area contributed by atoms with E-state index in [2.05, 4.69) is 0 Å². The van der Waals surface area contributed by atoms with E-state index in [-0.39, 0.29) is 17.7 Å². The molecule has 0 bridgehead atoms. The van der Waals surface area contributed by atoms with Crippen molar-refractivity contribution in [2.45, 2.75) is 12.8 Å². The maximum absolute atomic E-state index is 14.1. The minimum atomic E-state index is -0.874. The number of benzene rings is 4. The lowest BCUT2D eigenvalue weighted by Crippen LogP contribution is -2.42. The Morgan fingerprint density at radius 1 is 0.795 bits per heavy atom. The lowest BCUT2D eigenvalue weighted by atomic mass is 9.64. The number of esters is 1. The van der Waals surface area contributed by atoms with Gasteiger partial charge >= 0.3 is 5.97 Å². The van der Waals surface area contributed by atoms with Crippen LogP contribution in [-0.4, -0.2) is 24.4 Å². The first kappa shape index (κ1) is 23.4. The summed E-state index contributed by atoms with van der Waals surface area (Å²) >= 11 is 0. The minimum absolute atomic E-state index is 0.310. The van der Waals surface area contributed by atoms with Crippen molar-refractivity contribution in [3.8, 4) is 11.5 Å². The van der Waals surface area contributed by atoms with Crippen LogP contribution in [0.5, 0.6) is 11.5 Å². The number of amides is 2. The van der Waals surface area contributed by atoms with Gasteiger partial charge in [0.05, 0.1) is 30.0 Å². The quantitative estimate of drug-likeness (QED) is 0.196. The van der Waals surface area contributed by atoms with Crippen molar-refractivity contribution in [3.63, 3.8) is 0 Å². The van der Waals surface area contributed by atoms with Gasteiger partial charge in [-0.3, -0.25) is 14.4 Å². The van der Waals surface area contributed by atoms with Crippen molar-refractivity contribution in [2.24, 2.45) is 17.8 Å². The van der Waals surface area contributed by atoms with Crippen LogP contribution >= 0.6 is 0 Å². The Labute approximate surface area is 225 Å². The fraction of sp³-hybridized carbons (Fsp3) is 0.182. The first-order valence-corrected chi connectivity index (χ1v) is 13.2. The van der Waals surface area contributed by atoms with E-state index in [0.717, 1.165) is 27.5 Å². The molecular formula is C33H25NO5. The molecule has 2 aliphatic heterocycles. The fourth-order valence-corrected chi connectivity index (χ4v) is 6.40. The summed E-state index contributed by atoms with van der Waals surface area (Å²) in [6.07, 6.45) is 2.02. The summed E-state index contributed by atoms with van der Waals surface area (Å²) in [5.74, 6) is -2.88. The molecule has 39 heavy (non-hydrogen) atoms. The van der Waals surface area contributed by atoms with Gasteiger partial charge in [0.2, 0.25) is 11.8 Å². The van der Waals surface area contributed by atoms with E-state index in [1.54, 1.807) is 24.3 Å². The van der Waals surface area contributed by atoms with Crippen LogP contribution in [0.3, 0.4) is 0 Å². The predicted octanol–water partition coefficient (Wildman–Crippen LogP) is 5.76. The molecule has 7 rings (SSSR count). The lowest BCUT2D eigenvalue weighted by molar-refractivity contribution is -0.142. The van der Waals surface area contributed by atoms with E-state index in [1.165, 1.54) is 4.90 Å². The minimum Gasteiger partial charge on any atom is -0.494 e. The van der Waals surface area contributed by atoms with E-state index in [4.69, 9.17) is 9.47 Å².